The Morgan fingerprint density at radius 3 is 2.33 bits per heavy atom. The van der Waals surface area contributed by atoms with Crippen LogP contribution in [0.3, 0.4) is 0 Å². The van der Waals surface area contributed by atoms with Gasteiger partial charge < -0.3 is 14.8 Å². The monoisotopic (exact) mass is 472 g/mol. The number of hydrogen-bond donors (Lipinski definition) is 1. The van der Waals surface area contributed by atoms with Crippen molar-refractivity contribution in [1.29, 1.82) is 0 Å². The van der Waals surface area contributed by atoms with Gasteiger partial charge in [-0.25, -0.2) is 8.42 Å². The number of ether oxygens (including phenoxy) is 2. The van der Waals surface area contributed by atoms with Crippen LogP contribution in [0.25, 0.3) is 0 Å². The van der Waals surface area contributed by atoms with Crippen molar-refractivity contribution in [3.8, 4) is 11.5 Å². The van der Waals surface area contributed by atoms with E-state index >= 15 is 0 Å². The van der Waals surface area contributed by atoms with Gasteiger partial charge in [0.1, 0.15) is 0 Å². The topological polar surface area (TPSA) is 84.9 Å². The normalized spacial score (nSPS) is 18.5. The number of nitrogens with zero attached hydrogens (tertiary/aromatic N) is 1. The minimum absolute atomic E-state index is 0.0300. The van der Waals surface area contributed by atoms with E-state index in [0.29, 0.717) is 49.8 Å². The van der Waals surface area contributed by atoms with Crippen molar-refractivity contribution in [2.24, 2.45) is 11.8 Å². The molecular formula is C25H32N2O5S. The fourth-order valence-corrected chi connectivity index (χ4v) is 5.87. The number of fused-ring (bicyclic) bond motifs is 1. The van der Waals surface area contributed by atoms with Crippen molar-refractivity contribution < 1.29 is 22.7 Å². The predicted molar refractivity (Wildman–Crippen MR) is 126 cm³/mol. The highest BCUT2D eigenvalue weighted by atomic mass is 32.2. The summed E-state index contributed by atoms with van der Waals surface area (Å²) in [6.07, 6.45) is 1.85. The quantitative estimate of drug-likeness (QED) is 0.692. The summed E-state index contributed by atoms with van der Waals surface area (Å²) in [5.74, 6) is 1.38. The molecule has 1 atom stereocenters. The molecule has 2 heterocycles. The molecule has 178 valence electrons. The molecule has 1 N–H and O–H groups in total. The summed E-state index contributed by atoms with van der Waals surface area (Å²) in [5.41, 5.74) is 0.978. The second-order valence-corrected chi connectivity index (χ2v) is 10.9. The van der Waals surface area contributed by atoms with Crippen LogP contribution in [-0.4, -0.2) is 44.9 Å². The Morgan fingerprint density at radius 2 is 1.67 bits per heavy atom. The Labute approximate surface area is 196 Å². The molecule has 2 aliphatic heterocycles. The number of carbonyl (C=O) groups excluding carboxylic acids is 1. The molecule has 1 saturated heterocycles. The van der Waals surface area contributed by atoms with Crippen LogP contribution < -0.4 is 14.8 Å². The lowest BCUT2D eigenvalue weighted by molar-refractivity contribution is -0.127. The van der Waals surface area contributed by atoms with Crippen molar-refractivity contribution in [3.05, 3.63) is 54.1 Å². The van der Waals surface area contributed by atoms with Crippen LogP contribution in [0.4, 0.5) is 0 Å². The van der Waals surface area contributed by atoms with Crippen LogP contribution in [-0.2, 0) is 14.8 Å². The molecule has 0 saturated carbocycles. The lowest BCUT2D eigenvalue weighted by Crippen LogP contribution is -2.44. The van der Waals surface area contributed by atoms with Crippen molar-refractivity contribution in [1.82, 2.24) is 9.62 Å². The van der Waals surface area contributed by atoms with E-state index in [4.69, 9.17) is 9.47 Å². The van der Waals surface area contributed by atoms with Crippen molar-refractivity contribution in [2.75, 3.05) is 26.3 Å². The lowest BCUT2D eigenvalue weighted by Gasteiger charge is -2.32. The minimum Gasteiger partial charge on any atom is -0.490 e. The molecule has 1 fully saturated rings. The molecular weight excluding hydrogens is 440 g/mol. The Bertz CT molecular complexity index is 1060. The maximum Gasteiger partial charge on any atom is 0.243 e. The summed E-state index contributed by atoms with van der Waals surface area (Å²) in [6.45, 7) is 6.07. The van der Waals surface area contributed by atoms with Gasteiger partial charge in [0.2, 0.25) is 15.9 Å². The van der Waals surface area contributed by atoms with E-state index in [0.717, 1.165) is 17.7 Å². The van der Waals surface area contributed by atoms with Crippen LogP contribution in [0.2, 0.25) is 0 Å². The first-order valence-corrected chi connectivity index (χ1v) is 13.1. The summed E-state index contributed by atoms with van der Waals surface area (Å²) in [6, 6.07) is 14.1. The number of nitrogens with one attached hydrogen (secondary N) is 1. The number of piperidine rings is 1. The van der Waals surface area contributed by atoms with E-state index in [1.54, 1.807) is 30.3 Å². The molecule has 0 radical (unpaired) electrons. The number of amides is 1. The van der Waals surface area contributed by atoms with E-state index < -0.39 is 10.0 Å². The van der Waals surface area contributed by atoms with Gasteiger partial charge in [0.15, 0.2) is 11.5 Å². The second-order valence-electron chi connectivity index (χ2n) is 8.98. The van der Waals surface area contributed by atoms with Crippen LogP contribution in [0.1, 0.15) is 44.7 Å². The van der Waals surface area contributed by atoms with E-state index in [-0.39, 0.29) is 23.8 Å². The van der Waals surface area contributed by atoms with Crippen molar-refractivity contribution >= 4 is 15.9 Å². The van der Waals surface area contributed by atoms with Gasteiger partial charge in [0.05, 0.1) is 24.2 Å². The zero-order valence-electron chi connectivity index (χ0n) is 19.2. The highest BCUT2D eigenvalue weighted by Crippen LogP contribution is 2.34. The molecule has 4 rings (SSSR count). The molecule has 0 aromatic heterocycles. The highest BCUT2D eigenvalue weighted by molar-refractivity contribution is 7.89. The Hall–Kier alpha value is -2.58. The molecule has 8 heteroatoms. The van der Waals surface area contributed by atoms with Gasteiger partial charge in [-0.1, -0.05) is 38.1 Å². The summed E-state index contributed by atoms with van der Waals surface area (Å²) < 4.78 is 38.7. The molecule has 0 bridgehead atoms. The summed E-state index contributed by atoms with van der Waals surface area (Å²) in [7, 11) is -3.53. The van der Waals surface area contributed by atoms with Crippen LogP contribution >= 0.6 is 0 Å². The molecule has 1 unspecified atom stereocenters. The smallest absolute Gasteiger partial charge is 0.243 e. The maximum absolute atomic E-state index is 13.1. The summed E-state index contributed by atoms with van der Waals surface area (Å²) >= 11 is 0. The SMILES string of the molecule is CC(C)C(NC(=O)C1CCN(S(=O)(=O)c2ccccc2)CC1)c1ccc2c(c1)OCCCO2. The zero-order chi connectivity index (χ0) is 23.4. The van der Waals surface area contributed by atoms with Gasteiger partial charge in [0.25, 0.3) is 0 Å². The number of sulfonamides is 1. The maximum atomic E-state index is 13.1. The first-order chi connectivity index (χ1) is 15.9. The van der Waals surface area contributed by atoms with Crippen LogP contribution in [0.15, 0.2) is 53.4 Å². The van der Waals surface area contributed by atoms with Crippen molar-refractivity contribution in [3.63, 3.8) is 0 Å². The lowest BCUT2D eigenvalue weighted by atomic mass is 9.92. The average molecular weight is 473 g/mol. The van der Waals surface area contributed by atoms with E-state index in [9.17, 15) is 13.2 Å². The van der Waals surface area contributed by atoms with Crippen LogP contribution in [0, 0.1) is 11.8 Å². The molecule has 0 aliphatic carbocycles. The minimum atomic E-state index is -3.53. The molecule has 2 aliphatic rings. The largest absolute Gasteiger partial charge is 0.490 e. The fraction of sp³-hybridized carbons (Fsp3) is 0.480. The third-order valence-corrected chi connectivity index (χ3v) is 8.21. The molecule has 0 spiro atoms. The highest BCUT2D eigenvalue weighted by Gasteiger charge is 2.33. The Morgan fingerprint density at radius 1 is 1.00 bits per heavy atom. The number of carbonyl (C=O) groups is 1. The Kier molecular flexibility index (Phi) is 7.24. The average Bonchev–Trinajstić information content (AvgIpc) is 3.08. The third kappa shape index (κ3) is 5.33. The number of rotatable bonds is 6. The summed E-state index contributed by atoms with van der Waals surface area (Å²) in [5, 5.41) is 3.21. The first-order valence-electron chi connectivity index (χ1n) is 11.6. The van der Waals surface area contributed by atoms with Gasteiger partial charge in [-0.05, 0) is 48.6 Å². The number of hydrogen-bond acceptors (Lipinski definition) is 5. The van der Waals surface area contributed by atoms with Crippen molar-refractivity contribution in [2.45, 2.75) is 44.0 Å². The molecule has 2 aromatic carbocycles. The van der Waals surface area contributed by atoms with E-state index in [1.807, 2.05) is 18.2 Å². The summed E-state index contributed by atoms with van der Waals surface area (Å²) in [4.78, 5) is 13.4. The second kappa shape index (κ2) is 10.1. The molecule has 7 nitrogen and oxygen atoms in total. The zero-order valence-corrected chi connectivity index (χ0v) is 20.0. The molecule has 33 heavy (non-hydrogen) atoms. The first kappa shape index (κ1) is 23.6. The van der Waals surface area contributed by atoms with Gasteiger partial charge in [-0.15, -0.1) is 0 Å². The third-order valence-electron chi connectivity index (χ3n) is 6.30. The molecule has 1 amide bonds. The van der Waals surface area contributed by atoms with Gasteiger partial charge in [-0.2, -0.15) is 4.31 Å². The van der Waals surface area contributed by atoms with Gasteiger partial charge >= 0.3 is 0 Å². The number of benzene rings is 2. The van der Waals surface area contributed by atoms with Gasteiger partial charge in [0, 0.05) is 25.4 Å². The fourth-order valence-electron chi connectivity index (χ4n) is 4.38. The molecule has 2 aromatic rings. The van der Waals surface area contributed by atoms with Crippen LogP contribution in [0.5, 0.6) is 11.5 Å². The Balaban J connectivity index is 1.41. The van der Waals surface area contributed by atoms with E-state index in [1.165, 1.54) is 4.31 Å². The van der Waals surface area contributed by atoms with Gasteiger partial charge in [-0.3, -0.25) is 4.79 Å². The standard InChI is InChI=1S/C25H32N2O5S/c1-18(2)24(20-9-10-22-23(17-20)32-16-6-15-31-22)26-25(28)19-11-13-27(14-12-19)33(29,30)21-7-4-3-5-8-21/h3-5,7-10,17-19,24H,6,11-16H2,1-2H3,(H,26,28). The van der Waals surface area contributed by atoms with E-state index in [2.05, 4.69) is 19.2 Å². The predicted octanol–water partition coefficient (Wildman–Crippen LogP) is 3.76.